The zero-order chi connectivity index (χ0) is 12.4. The van der Waals surface area contributed by atoms with Crippen molar-refractivity contribution in [3.63, 3.8) is 0 Å². The van der Waals surface area contributed by atoms with Gasteiger partial charge in [0.05, 0.1) is 18.1 Å². The summed E-state index contributed by atoms with van der Waals surface area (Å²) in [6.07, 6.45) is 3.11. The molecule has 1 aromatic rings. The molecule has 0 aliphatic heterocycles. The number of rotatable bonds is 2. The fourth-order valence-corrected chi connectivity index (χ4v) is 1.37. The molecule has 1 aliphatic carbocycles. The molecule has 1 heterocycles. The van der Waals surface area contributed by atoms with Crippen molar-refractivity contribution >= 4 is 23.2 Å². The van der Waals surface area contributed by atoms with Gasteiger partial charge in [0.2, 0.25) is 5.28 Å². The molecule has 1 N–H and O–H groups in total. The van der Waals surface area contributed by atoms with Gasteiger partial charge in [0.1, 0.15) is 5.83 Å². The average Bonchev–Trinajstić information content (AvgIpc) is 2.63. The molecule has 1 amide bonds. The van der Waals surface area contributed by atoms with Crippen LogP contribution in [0, 0.1) is 0 Å². The quantitative estimate of drug-likeness (QED) is 0.829. The van der Waals surface area contributed by atoms with E-state index in [1.54, 1.807) is 0 Å². The fraction of sp³-hybridized carbons (Fsp3) is 0.100. The van der Waals surface area contributed by atoms with Gasteiger partial charge in [0, 0.05) is 12.0 Å². The molecule has 0 unspecified atom stereocenters. The summed E-state index contributed by atoms with van der Waals surface area (Å²) in [6, 6.07) is 0. The third kappa shape index (κ3) is 2.65. The summed E-state index contributed by atoms with van der Waals surface area (Å²) >= 11 is 5.46. The third-order valence-corrected chi connectivity index (χ3v) is 2.27. The van der Waals surface area contributed by atoms with Crippen molar-refractivity contribution in [2.45, 2.75) is 6.42 Å². The van der Waals surface area contributed by atoms with E-state index in [-0.39, 0.29) is 17.3 Å². The number of hydrogen-bond acceptors (Lipinski definition) is 3. The topological polar surface area (TPSA) is 54.9 Å². The third-order valence-electron chi connectivity index (χ3n) is 2.08. The van der Waals surface area contributed by atoms with Crippen molar-refractivity contribution < 1.29 is 13.6 Å². The molecule has 2 rings (SSSR count). The summed E-state index contributed by atoms with van der Waals surface area (Å²) < 4.78 is 25.5. The Morgan fingerprint density at radius 1 is 1.35 bits per heavy atom. The Labute approximate surface area is 100 Å². The van der Waals surface area contributed by atoms with Gasteiger partial charge in [-0.25, -0.2) is 18.7 Å². The number of allylic oxidation sites excluding steroid dienone is 3. The maximum Gasteiger partial charge on any atom is 0.252 e. The molecule has 1 aromatic heterocycles. The molecule has 0 fully saturated rings. The van der Waals surface area contributed by atoms with Crippen molar-refractivity contribution in [1.29, 1.82) is 0 Å². The van der Waals surface area contributed by atoms with E-state index in [4.69, 9.17) is 11.6 Å². The standard InChI is InChI=1S/C10H6ClF2N3O/c11-10-14-3-6(4-15-10)16-9(17)5-1-7(12)8(13)2-5/h1,3-4H,2H2,(H,16,17). The van der Waals surface area contributed by atoms with E-state index in [9.17, 15) is 13.6 Å². The van der Waals surface area contributed by atoms with Gasteiger partial charge in [-0.15, -0.1) is 0 Å². The van der Waals surface area contributed by atoms with Gasteiger partial charge >= 0.3 is 0 Å². The lowest BCUT2D eigenvalue weighted by atomic mass is 10.2. The Bertz CT molecular complexity index is 525. The van der Waals surface area contributed by atoms with E-state index in [0.717, 1.165) is 6.08 Å². The number of hydrogen-bond donors (Lipinski definition) is 1. The van der Waals surface area contributed by atoms with E-state index >= 15 is 0 Å². The van der Waals surface area contributed by atoms with Crippen LogP contribution >= 0.6 is 11.6 Å². The molecular weight excluding hydrogens is 252 g/mol. The highest BCUT2D eigenvalue weighted by atomic mass is 35.5. The number of halogens is 3. The zero-order valence-electron chi connectivity index (χ0n) is 8.38. The number of carbonyl (C=O) groups excluding carboxylic acids is 1. The van der Waals surface area contributed by atoms with Gasteiger partial charge in [-0.05, 0) is 17.7 Å². The molecule has 7 heteroatoms. The molecule has 0 radical (unpaired) electrons. The maximum absolute atomic E-state index is 12.7. The lowest BCUT2D eigenvalue weighted by Crippen LogP contribution is -2.13. The summed E-state index contributed by atoms with van der Waals surface area (Å²) in [7, 11) is 0. The molecule has 4 nitrogen and oxygen atoms in total. The SMILES string of the molecule is O=C(Nc1cnc(Cl)nc1)C1=CC(F)=C(F)C1. The normalized spacial score (nSPS) is 14.9. The molecule has 17 heavy (non-hydrogen) atoms. The van der Waals surface area contributed by atoms with Crippen LogP contribution < -0.4 is 5.32 Å². The number of nitrogens with one attached hydrogen (secondary N) is 1. The summed E-state index contributed by atoms with van der Waals surface area (Å²) in [5.41, 5.74) is 0.308. The molecule has 88 valence electrons. The van der Waals surface area contributed by atoms with Crippen LogP contribution in [-0.4, -0.2) is 15.9 Å². The predicted molar refractivity (Wildman–Crippen MR) is 57.6 cm³/mol. The molecule has 1 aliphatic rings. The second kappa shape index (κ2) is 4.58. The van der Waals surface area contributed by atoms with Gasteiger partial charge in [-0.1, -0.05) is 0 Å². The molecule has 0 aromatic carbocycles. The van der Waals surface area contributed by atoms with Gasteiger partial charge in [-0.2, -0.15) is 0 Å². The van der Waals surface area contributed by atoms with Crippen LogP contribution in [0.4, 0.5) is 14.5 Å². The van der Waals surface area contributed by atoms with Crippen LogP contribution in [0.1, 0.15) is 6.42 Å². The molecule has 0 saturated carbocycles. The van der Waals surface area contributed by atoms with Crippen LogP contribution in [0.15, 0.2) is 35.7 Å². The molecule has 0 bridgehead atoms. The average molecular weight is 258 g/mol. The van der Waals surface area contributed by atoms with E-state index in [2.05, 4.69) is 15.3 Å². The van der Waals surface area contributed by atoms with Gasteiger partial charge < -0.3 is 5.32 Å². The number of anilines is 1. The maximum atomic E-state index is 12.7. The number of amides is 1. The Morgan fingerprint density at radius 3 is 2.53 bits per heavy atom. The second-order valence-corrected chi connectivity index (χ2v) is 3.63. The van der Waals surface area contributed by atoms with E-state index < -0.39 is 17.6 Å². The van der Waals surface area contributed by atoms with Crippen LogP contribution in [0.3, 0.4) is 0 Å². The first-order chi connectivity index (χ1) is 8.06. The van der Waals surface area contributed by atoms with Crippen molar-refractivity contribution in [3.8, 4) is 0 Å². The van der Waals surface area contributed by atoms with Gasteiger partial charge in [-0.3, -0.25) is 4.79 Å². The van der Waals surface area contributed by atoms with Crippen LogP contribution in [0.5, 0.6) is 0 Å². The highest BCUT2D eigenvalue weighted by molar-refractivity contribution is 6.28. The predicted octanol–water partition coefficient (Wildman–Crippen LogP) is 2.55. The molecule has 0 saturated heterocycles. The lowest BCUT2D eigenvalue weighted by Gasteiger charge is -2.04. The van der Waals surface area contributed by atoms with Crippen LogP contribution in [-0.2, 0) is 4.79 Å². The van der Waals surface area contributed by atoms with E-state index in [1.165, 1.54) is 12.4 Å². The summed E-state index contributed by atoms with van der Waals surface area (Å²) in [6.45, 7) is 0. The van der Waals surface area contributed by atoms with Crippen LogP contribution in [0.2, 0.25) is 5.28 Å². The van der Waals surface area contributed by atoms with Crippen molar-refractivity contribution in [2.75, 3.05) is 5.32 Å². The monoisotopic (exact) mass is 257 g/mol. The highest BCUT2D eigenvalue weighted by Crippen LogP contribution is 2.27. The molecule has 0 spiro atoms. The lowest BCUT2D eigenvalue weighted by molar-refractivity contribution is -0.112. The summed E-state index contributed by atoms with van der Waals surface area (Å²) in [5, 5.41) is 2.44. The smallest absolute Gasteiger partial charge is 0.252 e. The van der Waals surface area contributed by atoms with Crippen molar-refractivity contribution in [3.05, 3.63) is 41.0 Å². The second-order valence-electron chi connectivity index (χ2n) is 3.29. The first-order valence-corrected chi connectivity index (χ1v) is 4.97. The minimum atomic E-state index is -1.01. The number of nitrogens with zero attached hydrogens (tertiary/aromatic N) is 2. The van der Waals surface area contributed by atoms with Gasteiger partial charge in [0.15, 0.2) is 5.83 Å². The fourth-order valence-electron chi connectivity index (χ4n) is 1.27. The Kier molecular flexibility index (Phi) is 3.14. The van der Waals surface area contributed by atoms with Gasteiger partial charge in [0.25, 0.3) is 5.91 Å². The number of aromatic nitrogens is 2. The Morgan fingerprint density at radius 2 is 2.00 bits per heavy atom. The first-order valence-electron chi connectivity index (χ1n) is 4.60. The van der Waals surface area contributed by atoms with E-state index in [1.807, 2.05) is 0 Å². The minimum absolute atomic E-state index is 0.00921. The summed E-state index contributed by atoms with van der Waals surface area (Å²) in [4.78, 5) is 18.9. The minimum Gasteiger partial charge on any atom is -0.320 e. The molecular formula is C10H6ClF2N3O. The Hall–Kier alpha value is -1.82. The first kappa shape index (κ1) is 11.7. The van der Waals surface area contributed by atoms with Crippen molar-refractivity contribution in [2.24, 2.45) is 0 Å². The highest BCUT2D eigenvalue weighted by Gasteiger charge is 2.21. The van der Waals surface area contributed by atoms with Crippen LogP contribution in [0.25, 0.3) is 0 Å². The summed E-state index contributed by atoms with van der Waals surface area (Å²) in [5.74, 6) is -2.55. The largest absolute Gasteiger partial charge is 0.320 e. The Balaban J connectivity index is 2.04. The molecule has 0 atom stereocenters. The zero-order valence-corrected chi connectivity index (χ0v) is 9.13. The number of carbonyl (C=O) groups is 1. The van der Waals surface area contributed by atoms with E-state index in [0.29, 0.717) is 5.69 Å². The van der Waals surface area contributed by atoms with Crippen molar-refractivity contribution in [1.82, 2.24) is 9.97 Å².